The van der Waals surface area contributed by atoms with Crippen LogP contribution in [0, 0.1) is 6.92 Å². The molecule has 1 amide bonds. The third kappa shape index (κ3) is 6.04. The molecule has 112 valence electrons. The fraction of sp³-hybridized carbons (Fsp3) is 0.375. The number of hydrogen-bond acceptors (Lipinski definition) is 3. The van der Waals surface area contributed by atoms with E-state index >= 15 is 0 Å². The summed E-state index contributed by atoms with van der Waals surface area (Å²) in [5.74, 6) is 0.941. The van der Waals surface area contributed by atoms with E-state index in [1.54, 1.807) is 24.3 Å². The second kappa shape index (κ2) is 8.52. The third-order valence-corrected chi connectivity index (χ3v) is 4.11. The van der Waals surface area contributed by atoms with Crippen molar-refractivity contribution in [1.82, 2.24) is 14.9 Å². The molecule has 1 aromatic heterocycles. The zero-order valence-electron chi connectivity index (χ0n) is 12.3. The fourth-order valence-corrected chi connectivity index (χ4v) is 2.74. The monoisotopic (exact) mass is 303 g/mol. The van der Waals surface area contributed by atoms with E-state index < -0.39 is 0 Å². The summed E-state index contributed by atoms with van der Waals surface area (Å²) in [5, 5.41) is 2.95. The van der Waals surface area contributed by atoms with Gasteiger partial charge in [0.25, 0.3) is 0 Å². The number of amides is 1. The summed E-state index contributed by atoms with van der Waals surface area (Å²) in [6.45, 7) is 3.68. The van der Waals surface area contributed by atoms with Crippen LogP contribution in [0.5, 0.6) is 0 Å². The van der Waals surface area contributed by atoms with Gasteiger partial charge in [0, 0.05) is 42.6 Å². The number of nitrogens with one attached hydrogen (secondary N) is 1. The van der Waals surface area contributed by atoms with Gasteiger partial charge in [0.15, 0.2) is 0 Å². The lowest BCUT2D eigenvalue weighted by molar-refractivity contribution is -0.120. The van der Waals surface area contributed by atoms with E-state index in [0.29, 0.717) is 13.0 Å². The first kappa shape index (κ1) is 15.6. The number of benzene rings is 1. The molecule has 0 saturated heterocycles. The van der Waals surface area contributed by atoms with Gasteiger partial charge in [-0.3, -0.25) is 4.79 Å². The predicted octanol–water partition coefficient (Wildman–Crippen LogP) is 2.88. The average Bonchev–Trinajstić information content (AvgIpc) is 2.99. The summed E-state index contributed by atoms with van der Waals surface area (Å²) >= 11 is 1.72. The number of carbonyl (C=O) groups is 1. The molecule has 5 heteroatoms. The van der Waals surface area contributed by atoms with E-state index in [2.05, 4.69) is 41.5 Å². The summed E-state index contributed by atoms with van der Waals surface area (Å²) in [6.07, 6.45) is 6.97. The average molecular weight is 303 g/mol. The van der Waals surface area contributed by atoms with Crippen molar-refractivity contribution >= 4 is 17.7 Å². The van der Waals surface area contributed by atoms with E-state index in [9.17, 15) is 4.79 Å². The number of aromatic nitrogens is 2. The second-order valence-corrected chi connectivity index (χ2v) is 6.08. The first-order valence-electron chi connectivity index (χ1n) is 7.16. The summed E-state index contributed by atoms with van der Waals surface area (Å²) in [4.78, 5) is 16.9. The SMILES string of the molecule is Cc1ccc(SCCC(=O)NCCCn2ccnc2)cc1. The highest BCUT2D eigenvalue weighted by Gasteiger charge is 2.01. The zero-order chi connectivity index (χ0) is 14.9. The van der Waals surface area contributed by atoms with Gasteiger partial charge in [-0.15, -0.1) is 11.8 Å². The smallest absolute Gasteiger partial charge is 0.220 e. The third-order valence-electron chi connectivity index (χ3n) is 3.09. The fourth-order valence-electron chi connectivity index (χ4n) is 1.89. The van der Waals surface area contributed by atoms with Crippen molar-refractivity contribution in [2.45, 2.75) is 31.2 Å². The molecule has 2 aromatic rings. The summed E-state index contributed by atoms with van der Waals surface area (Å²) in [7, 11) is 0. The van der Waals surface area contributed by atoms with Crippen molar-refractivity contribution in [2.24, 2.45) is 0 Å². The first-order chi connectivity index (χ1) is 10.2. The van der Waals surface area contributed by atoms with Crippen LogP contribution in [0.25, 0.3) is 0 Å². The Hall–Kier alpha value is -1.75. The summed E-state index contributed by atoms with van der Waals surface area (Å²) in [6, 6.07) is 8.39. The van der Waals surface area contributed by atoms with E-state index in [4.69, 9.17) is 0 Å². The number of thioether (sulfide) groups is 1. The van der Waals surface area contributed by atoms with Gasteiger partial charge in [-0.1, -0.05) is 17.7 Å². The maximum atomic E-state index is 11.7. The largest absolute Gasteiger partial charge is 0.356 e. The number of hydrogen-bond donors (Lipinski definition) is 1. The van der Waals surface area contributed by atoms with E-state index in [0.717, 1.165) is 18.7 Å². The number of imidazole rings is 1. The van der Waals surface area contributed by atoms with Gasteiger partial charge in [-0.2, -0.15) is 0 Å². The highest BCUT2D eigenvalue weighted by Crippen LogP contribution is 2.18. The lowest BCUT2D eigenvalue weighted by Gasteiger charge is -2.06. The molecule has 0 aliphatic heterocycles. The van der Waals surface area contributed by atoms with E-state index in [-0.39, 0.29) is 5.91 Å². The Kier molecular flexibility index (Phi) is 6.34. The quantitative estimate of drug-likeness (QED) is 0.602. The Morgan fingerprint density at radius 2 is 2.14 bits per heavy atom. The van der Waals surface area contributed by atoms with E-state index in [1.165, 1.54) is 10.5 Å². The molecule has 21 heavy (non-hydrogen) atoms. The van der Waals surface area contributed by atoms with Crippen LogP contribution in [0.2, 0.25) is 0 Å². The highest BCUT2D eigenvalue weighted by atomic mass is 32.2. The van der Waals surface area contributed by atoms with Crippen LogP contribution in [-0.2, 0) is 11.3 Å². The van der Waals surface area contributed by atoms with Gasteiger partial charge >= 0.3 is 0 Å². The number of carbonyl (C=O) groups excluding carboxylic acids is 1. The van der Waals surface area contributed by atoms with Gasteiger partial charge in [0.05, 0.1) is 6.33 Å². The zero-order valence-corrected chi connectivity index (χ0v) is 13.1. The Morgan fingerprint density at radius 3 is 2.86 bits per heavy atom. The van der Waals surface area contributed by atoms with Gasteiger partial charge in [-0.25, -0.2) is 4.98 Å². The lowest BCUT2D eigenvalue weighted by atomic mass is 10.2. The van der Waals surface area contributed by atoms with Crippen LogP contribution in [0.1, 0.15) is 18.4 Å². The molecule has 0 unspecified atom stereocenters. The normalized spacial score (nSPS) is 10.5. The minimum atomic E-state index is 0.125. The first-order valence-corrected chi connectivity index (χ1v) is 8.14. The summed E-state index contributed by atoms with van der Waals surface area (Å²) in [5.41, 5.74) is 1.26. The van der Waals surface area contributed by atoms with E-state index in [1.807, 2.05) is 10.8 Å². The standard InChI is InChI=1S/C16H21N3OS/c1-14-3-5-15(6-4-14)21-12-7-16(20)18-8-2-10-19-11-9-17-13-19/h3-6,9,11,13H,2,7-8,10,12H2,1H3,(H,18,20). The van der Waals surface area contributed by atoms with Crippen molar-refractivity contribution in [3.05, 3.63) is 48.5 Å². The molecular weight excluding hydrogens is 282 g/mol. The van der Waals surface area contributed by atoms with Crippen LogP contribution in [0.15, 0.2) is 47.9 Å². The Bertz CT molecular complexity index is 537. The molecule has 0 spiro atoms. The van der Waals surface area contributed by atoms with Crippen molar-refractivity contribution in [1.29, 1.82) is 0 Å². The molecule has 0 atom stereocenters. The van der Waals surface area contributed by atoms with Crippen LogP contribution < -0.4 is 5.32 Å². The molecule has 1 heterocycles. The van der Waals surface area contributed by atoms with Crippen molar-refractivity contribution in [2.75, 3.05) is 12.3 Å². The number of nitrogens with zero attached hydrogens (tertiary/aromatic N) is 2. The van der Waals surface area contributed by atoms with Crippen LogP contribution in [0.4, 0.5) is 0 Å². The molecule has 1 aromatic carbocycles. The number of aryl methyl sites for hydroxylation is 2. The molecule has 1 N–H and O–H groups in total. The second-order valence-electron chi connectivity index (χ2n) is 4.92. The van der Waals surface area contributed by atoms with Crippen LogP contribution in [0.3, 0.4) is 0 Å². The van der Waals surface area contributed by atoms with Gasteiger partial charge in [0.2, 0.25) is 5.91 Å². The minimum Gasteiger partial charge on any atom is -0.356 e. The van der Waals surface area contributed by atoms with Crippen molar-refractivity contribution in [3.63, 3.8) is 0 Å². The van der Waals surface area contributed by atoms with Gasteiger partial charge < -0.3 is 9.88 Å². The Labute approximate surface area is 130 Å². The molecule has 0 bridgehead atoms. The molecule has 2 rings (SSSR count). The molecule has 4 nitrogen and oxygen atoms in total. The molecule has 0 fully saturated rings. The molecular formula is C16H21N3OS. The van der Waals surface area contributed by atoms with Crippen molar-refractivity contribution in [3.8, 4) is 0 Å². The maximum Gasteiger partial charge on any atom is 0.220 e. The Balaban J connectivity index is 1.54. The predicted molar refractivity (Wildman–Crippen MR) is 86.4 cm³/mol. The van der Waals surface area contributed by atoms with Crippen LogP contribution in [-0.4, -0.2) is 27.8 Å². The molecule has 0 aliphatic carbocycles. The van der Waals surface area contributed by atoms with Gasteiger partial charge in [-0.05, 0) is 25.5 Å². The lowest BCUT2D eigenvalue weighted by Crippen LogP contribution is -2.25. The topological polar surface area (TPSA) is 46.9 Å². The maximum absolute atomic E-state index is 11.7. The highest BCUT2D eigenvalue weighted by molar-refractivity contribution is 7.99. The van der Waals surface area contributed by atoms with Crippen LogP contribution >= 0.6 is 11.8 Å². The molecule has 0 aliphatic rings. The Morgan fingerprint density at radius 1 is 1.33 bits per heavy atom. The molecule has 0 radical (unpaired) electrons. The number of rotatable bonds is 8. The summed E-state index contributed by atoms with van der Waals surface area (Å²) < 4.78 is 2.01. The van der Waals surface area contributed by atoms with Crippen molar-refractivity contribution < 1.29 is 4.79 Å². The molecule has 0 saturated carbocycles. The minimum absolute atomic E-state index is 0.125. The van der Waals surface area contributed by atoms with Gasteiger partial charge in [0.1, 0.15) is 0 Å².